The molecule has 0 unspecified atom stereocenters. The van der Waals surface area contributed by atoms with Crippen LogP contribution in [0.2, 0.25) is 0 Å². The Balaban J connectivity index is 1.61. The number of fused-ring (bicyclic) bond motifs is 1. The van der Waals surface area contributed by atoms with Crippen LogP contribution in [0.25, 0.3) is 0 Å². The van der Waals surface area contributed by atoms with Crippen LogP contribution in [0.1, 0.15) is 38.8 Å². The molecule has 10 heteroatoms. The Kier molecular flexibility index (Phi) is 7.81. The summed E-state index contributed by atoms with van der Waals surface area (Å²) in [5, 5.41) is 13.7. The number of hydrogen-bond acceptors (Lipinski definition) is 6. The van der Waals surface area contributed by atoms with Crippen molar-refractivity contribution >= 4 is 29.8 Å². The minimum atomic E-state index is -1.63. The minimum absolute atomic E-state index is 0.0435. The number of nitrogens with zero attached hydrogens (tertiary/aromatic N) is 2. The average molecular weight is 516 g/mol. The lowest BCUT2D eigenvalue weighted by atomic mass is 10.0. The molecule has 0 saturated heterocycles. The molecule has 0 aromatic heterocycles. The van der Waals surface area contributed by atoms with Crippen LogP contribution >= 0.6 is 0 Å². The van der Waals surface area contributed by atoms with Crippen molar-refractivity contribution < 1.29 is 33.8 Å². The Morgan fingerprint density at radius 2 is 1.34 bits per heavy atom. The second kappa shape index (κ2) is 11.4. The lowest BCUT2D eigenvalue weighted by Gasteiger charge is -2.36. The third-order valence-corrected chi connectivity index (χ3v) is 5.98. The predicted octanol–water partition coefficient (Wildman–Crippen LogP) is 3.04. The predicted molar refractivity (Wildman–Crippen MR) is 135 cm³/mol. The van der Waals surface area contributed by atoms with Crippen LogP contribution in [0, 0.1) is 0 Å². The summed E-state index contributed by atoms with van der Waals surface area (Å²) in [7, 11) is 0. The van der Waals surface area contributed by atoms with Crippen LogP contribution in [0.4, 0.5) is 4.79 Å². The van der Waals surface area contributed by atoms with Crippen molar-refractivity contribution in [2.75, 3.05) is 0 Å². The van der Waals surface area contributed by atoms with Gasteiger partial charge in [0.1, 0.15) is 12.6 Å². The first-order valence-electron chi connectivity index (χ1n) is 11.8. The SMILES string of the molecule is C[C@H](NC(=O)OCc1ccccc1)C(=O)N([C@@H](Cc1ccccc1)C(=O)O)N1C(=O)c2ccccc2C1=O. The zero-order valence-corrected chi connectivity index (χ0v) is 20.4. The van der Waals surface area contributed by atoms with E-state index in [0.717, 1.165) is 5.56 Å². The van der Waals surface area contributed by atoms with Crippen LogP contribution in [-0.4, -0.2) is 57.0 Å². The van der Waals surface area contributed by atoms with Crippen LogP contribution in [0.5, 0.6) is 0 Å². The lowest BCUT2D eigenvalue weighted by Crippen LogP contribution is -2.61. The highest BCUT2D eigenvalue weighted by molar-refractivity contribution is 6.22. The number of aliphatic carboxylic acids is 1. The molecule has 1 aliphatic rings. The normalized spacial score (nSPS) is 13.9. The number of imide groups is 1. The summed E-state index contributed by atoms with van der Waals surface area (Å²) in [6.45, 7) is 1.26. The fourth-order valence-electron chi connectivity index (χ4n) is 4.08. The standard InChI is InChI=1S/C28H25N3O7/c1-18(29-28(37)38-17-20-12-6-3-7-13-20)24(32)30(23(27(35)36)16-19-10-4-2-5-11-19)31-25(33)21-14-8-9-15-22(21)26(31)34/h2-15,18,23H,16-17H2,1H3,(H,29,37)(H,35,36)/t18-,23-/m0/s1. The summed E-state index contributed by atoms with van der Waals surface area (Å²) in [6, 6.07) is 20.4. The highest BCUT2D eigenvalue weighted by Crippen LogP contribution is 2.27. The van der Waals surface area contributed by atoms with E-state index in [9.17, 15) is 29.1 Å². The van der Waals surface area contributed by atoms with Gasteiger partial charge in [-0.1, -0.05) is 72.8 Å². The van der Waals surface area contributed by atoms with Gasteiger partial charge in [-0.25, -0.2) is 14.6 Å². The van der Waals surface area contributed by atoms with Gasteiger partial charge in [-0.3, -0.25) is 14.4 Å². The summed E-state index contributed by atoms with van der Waals surface area (Å²) in [6.07, 6.45) is -1.12. The number of rotatable bonds is 9. The molecule has 1 heterocycles. The molecule has 3 aromatic rings. The molecule has 2 N–H and O–H groups in total. The van der Waals surface area contributed by atoms with Crippen LogP contribution in [0.3, 0.4) is 0 Å². The molecule has 0 aliphatic carbocycles. The molecule has 10 nitrogen and oxygen atoms in total. The molecular weight excluding hydrogens is 490 g/mol. The topological polar surface area (TPSA) is 133 Å². The molecule has 4 amide bonds. The second-order valence-electron chi connectivity index (χ2n) is 8.62. The molecular formula is C28H25N3O7. The number of carboxylic acid groups (broad SMARTS) is 1. The highest BCUT2D eigenvalue weighted by Gasteiger charge is 2.47. The van der Waals surface area contributed by atoms with Gasteiger partial charge in [-0.2, -0.15) is 5.01 Å². The number of carbonyl (C=O) groups excluding carboxylic acids is 4. The maximum atomic E-state index is 13.7. The molecule has 4 rings (SSSR count). The summed E-state index contributed by atoms with van der Waals surface area (Å²) in [5.74, 6) is -4.08. The van der Waals surface area contributed by atoms with E-state index in [1.54, 1.807) is 66.7 Å². The fourth-order valence-corrected chi connectivity index (χ4v) is 4.08. The van der Waals surface area contributed by atoms with Crippen molar-refractivity contribution in [2.24, 2.45) is 0 Å². The maximum absolute atomic E-state index is 13.7. The average Bonchev–Trinajstić information content (AvgIpc) is 3.18. The van der Waals surface area contributed by atoms with Gasteiger partial charge in [0.15, 0.2) is 6.04 Å². The van der Waals surface area contributed by atoms with E-state index in [1.165, 1.54) is 19.1 Å². The van der Waals surface area contributed by atoms with Crippen molar-refractivity contribution in [2.45, 2.75) is 32.0 Å². The Hall–Kier alpha value is -4.99. The molecule has 0 radical (unpaired) electrons. The minimum Gasteiger partial charge on any atom is -0.480 e. The van der Waals surface area contributed by atoms with Crippen molar-refractivity contribution in [3.05, 3.63) is 107 Å². The van der Waals surface area contributed by atoms with E-state index in [2.05, 4.69) is 5.32 Å². The van der Waals surface area contributed by atoms with Crippen molar-refractivity contribution in [3.8, 4) is 0 Å². The van der Waals surface area contributed by atoms with Gasteiger partial charge in [0, 0.05) is 6.42 Å². The van der Waals surface area contributed by atoms with E-state index < -0.39 is 41.9 Å². The molecule has 0 bridgehead atoms. The third-order valence-electron chi connectivity index (χ3n) is 5.98. The highest BCUT2D eigenvalue weighted by atomic mass is 16.5. The number of carboxylic acids is 1. The first kappa shape index (κ1) is 26.1. The van der Waals surface area contributed by atoms with Crippen molar-refractivity contribution in [1.29, 1.82) is 0 Å². The van der Waals surface area contributed by atoms with E-state index >= 15 is 0 Å². The zero-order valence-electron chi connectivity index (χ0n) is 20.4. The molecule has 1 aliphatic heterocycles. The number of hydrazine groups is 1. The number of amides is 4. The van der Waals surface area contributed by atoms with Crippen molar-refractivity contribution in [3.63, 3.8) is 0 Å². The Bertz CT molecular complexity index is 1330. The number of alkyl carbamates (subject to hydrolysis) is 1. The Morgan fingerprint density at radius 3 is 1.87 bits per heavy atom. The number of hydrogen-bond donors (Lipinski definition) is 2. The van der Waals surface area contributed by atoms with Gasteiger partial charge < -0.3 is 15.2 Å². The molecule has 3 aromatic carbocycles. The first-order valence-corrected chi connectivity index (χ1v) is 11.8. The van der Waals surface area contributed by atoms with E-state index in [0.29, 0.717) is 15.6 Å². The number of benzene rings is 3. The number of ether oxygens (including phenoxy) is 1. The van der Waals surface area contributed by atoms with Crippen LogP contribution < -0.4 is 5.32 Å². The van der Waals surface area contributed by atoms with Gasteiger partial charge in [0.2, 0.25) is 0 Å². The first-order chi connectivity index (χ1) is 18.3. The van der Waals surface area contributed by atoms with Crippen molar-refractivity contribution in [1.82, 2.24) is 15.3 Å². The maximum Gasteiger partial charge on any atom is 0.408 e. The van der Waals surface area contributed by atoms with Gasteiger partial charge in [0.25, 0.3) is 17.7 Å². The quantitative estimate of drug-likeness (QED) is 0.419. The molecule has 0 spiro atoms. The summed E-state index contributed by atoms with van der Waals surface area (Å²) < 4.78 is 5.17. The molecule has 2 atom stereocenters. The second-order valence-corrected chi connectivity index (χ2v) is 8.62. The molecule has 38 heavy (non-hydrogen) atoms. The van der Waals surface area contributed by atoms with Crippen LogP contribution in [-0.2, 0) is 27.4 Å². The lowest BCUT2D eigenvalue weighted by molar-refractivity contribution is -0.161. The third kappa shape index (κ3) is 5.54. The summed E-state index contributed by atoms with van der Waals surface area (Å²) in [5.41, 5.74) is 1.38. The largest absolute Gasteiger partial charge is 0.480 e. The van der Waals surface area contributed by atoms with E-state index in [1.807, 2.05) is 6.07 Å². The number of nitrogens with one attached hydrogen (secondary N) is 1. The van der Waals surface area contributed by atoms with E-state index in [4.69, 9.17) is 4.74 Å². The fraction of sp³-hybridized carbons (Fsp3) is 0.179. The molecule has 0 fully saturated rings. The Morgan fingerprint density at radius 1 is 0.842 bits per heavy atom. The smallest absolute Gasteiger partial charge is 0.408 e. The van der Waals surface area contributed by atoms with Gasteiger partial charge in [-0.15, -0.1) is 0 Å². The van der Waals surface area contributed by atoms with E-state index in [-0.39, 0.29) is 24.2 Å². The van der Waals surface area contributed by atoms with Gasteiger partial charge >= 0.3 is 12.1 Å². The van der Waals surface area contributed by atoms with Gasteiger partial charge in [-0.05, 0) is 30.2 Å². The molecule has 0 saturated carbocycles. The molecule has 194 valence electrons. The monoisotopic (exact) mass is 515 g/mol. The van der Waals surface area contributed by atoms with Crippen LogP contribution in [0.15, 0.2) is 84.9 Å². The zero-order chi connectivity index (χ0) is 27.2. The van der Waals surface area contributed by atoms with Gasteiger partial charge in [0.05, 0.1) is 11.1 Å². The Labute approximate surface area is 218 Å². The summed E-state index contributed by atoms with van der Waals surface area (Å²) in [4.78, 5) is 65.0. The summed E-state index contributed by atoms with van der Waals surface area (Å²) >= 11 is 0. The number of carbonyl (C=O) groups is 5.